The van der Waals surface area contributed by atoms with Crippen LogP contribution in [0.25, 0.3) is 0 Å². The van der Waals surface area contributed by atoms with Gasteiger partial charge in [-0.25, -0.2) is 15.8 Å². The maximum atomic E-state index is 5.49. The van der Waals surface area contributed by atoms with Gasteiger partial charge in [-0.2, -0.15) is 0 Å². The van der Waals surface area contributed by atoms with Crippen molar-refractivity contribution >= 4 is 11.6 Å². The monoisotopic (exact) mass is 252 g/mol. The van der Waals surface area contributed by atoms with E-state index in [0.717, 1.165) is 30.3 Å². The molecule has 1 rings (SSSR count). The summed E-state index contributed by atoms with van der Waals surface area (Å²) in [6.07, 6.45) is 0. The first-order chi connectivity index (χ1) is 8.45. The van der Waals surface area contributed by atoms with E-state index < -0.39 is 0 Å². The standard InChI is InChI=1S/C12H24N6/c1-8(2)10-15-11(14-6-7-18(4)5)9(3)12(16-10)17-13/h8H,6-7,13H2,1-5H3,(H2,14,15,16,17). The van der Waals surface area contributed by atoms with E-state index in [-0.39, 0.29) is 5.92 Å². The van der Waals surface area contributed by atoms with Gasteiger partial charge in [0.2, 0.25) is 0 Å². The quantitative estimate of drug-likeness (QED) is 0.521. The van der Waals surface area contributed by atoms with Crippen molar-refractivity contribution < 1.29 is 0 Å². The summed E-state index contributed by atoms with van der Waals surface area (Å²) in [6.45, 7) is 7.87. The Hall–Kier alpha value is -1.40. The predicted molar refractivity (Wildman–Crippen MR) is 75.7 cm³/mol. The molecule has 0 fully saturated rings. The molecule has 0 saturated carbocycles. The second kappa shape index (κ2) is 6.51. The molecule has 0 aliphatic carbocycles. The molecule has 1 aromatic rings. The average Bonchev–Trinajstić information content (AvgIpc) is 2.30. The number of nitrogen functional groups attached to an aromatic ring is 1. The van der Waals surface area contributed by atoms with Crippen LogP contribution in [0.15, 0.2) is 0 Å². The Kier molecular flexibility index (Phi) is 5.30. The number of likely N-dealkylation sites (N-methyl/N-ethyl adjacent to an activating group) is 1. The van der Waals surface area contributed by atoms with Crippen LogP contribution < -0.4 is 16.6 Å². The Morgan fingerprint density at radius 2 is 1.83 bits per heavy atom. The normalized spacial score (nSPS) is 11.1. The van der Waals surface area contributed by atoms with Gasteiger partial charge in [0.25, 0.3) is 0 Å². The summed E-state index contributed by atoms with van der Waals surface area (Å²) in [6, 6.07) is 0. The van der Waals surface area contributed by atoms with E-state index in [1.54, 1.807) is 0 Å². The fourth-order valence-electron chi connectivity index (χ4n) is 1.50. The lowest BCUT2D eigenvalue weighted by molar-refractivity contribution is 0.425. The molecule has 0 unspecified atom stereocenters. The molecule has 1 heterocycles. The smallest absolute Gasteiger partial charge is 0.148 e. The molecular weight excluding hydrogens is 228 g/mol. The van der Waals surface area contributed by atoms with Crippen molar-refractivity contribution in [3.63, 3.8) is 0 Å². The third kappa shape index (κ3) is 3.82. The van der Waals surface area contributed by atoms with Crippen LogP contribution in [-0.2, 0) is 0 Å². The minimum atomic E-state index is 0.270. The lowest BCUT2D eigenvalue weighted by Gasteiger charge is -2.16. The Bertz CT molecular complexity index is 388. The van der Waals surface area contributed by atoms with Gasteiger partial charge in [-0.05, 0) is 21.0 Å². The molecule has 0 atom stereocenters. The molecule has 0 aliphatic rings. The SMILES string of the molecule is Cc1c(NN)nc(C(C)C)nc1NCCN(C)C. The number of nitrogens with two attached hydrogens (primary N) is 1. The number of nitrogens with one attached hydrogen (secondary N) is 2. The number of aromatic nitrogens is 2. The predicted octanol–water partition coefficient (Wildman–Crippen LogP) is 1.17. The highest BCUT2D eigenvalue weighted by Crippen LogP contribution is 2.22. The first-order valence-electron chi connectivity index (χ1n) is 6.19. The van der Waals surface area contributed by atoms with Crippen LogP contribution in [0.2, 0.25) is 0 Å². The highest BCUT2D eigenvalue weighted by Gasteiger charge is 2.12. The van der Waals surface area contributed by atoms with E-state index >= 15 is 0 Å². The van der Waals surface area contributed by atoms with Gasteiger partial charge in [-0.3, -0.25) is 0 Å². The molecule has 0 radical (unpaired) electrons. The minimum Gasteiger partial charge on any atom is -0.368 e. The highest BCUT2D eigenvalue weighted by atomic mass is 15.3. The van der Waals surface area contributed by atoms with Crippen LogP contribution in [0.3, 0.4) is 0 Å². The molecule has 6 nitrogen and oxygen atoms in total. The molecule has 18 heavy (non-hydrogen) atoms. The second-order valence-corrected chi connectivity index (χ2v) is 4.93. The van der Waals surface area contributed by atoms with Crippen molar-refractivity contribution in [3.8, 4) is 0 Å². The van der Waals surface area contributed by atoms with Crippen molar-refractivity contribution in [2.24, 2.45) is 5.84 Å². The third-order valence-corrected chi connectivity index (χ3v) is 2.67. The second-order valence-electron chi connectivity index (χ2n) is 4.93. The van der Waals surface area contributed by atoms with E-state index in [9.17, 15) is 0 Å². The topological polar surface area (TPSA) is 79.1 Å². The molecule has 4 N–H and O–H groups in total. The fraction of sp³-hybridized carbons (Fsp3) is 0.667. The largest absolute Gasteiger partial charge is 0.368 e. The Morgan fingerprint density at radius 3 is 2.33 bits per heavy atom. The molecule has 0 spiro atoms. The van der Waals surface area contributed by atoms with Gasteiger partial charge in [0.1, 0.15) is 17.5 Å². The molecular formula is C12H24N6. The van der Waals surface area contributed by atoms with E-state index in [2.05, 4.69) is 39.5 Å². The van der Waals surface area contributed by atoms with E-state index in [0.29, 0.717) is 5.82 Å². The van der Waals surface area contributed by atoms with Crippen LogP contribution in [0, 0.1) is 6.92 Å². The number of hydrazine groups is 1. The summed E-state index contributed by atoms with van der Waals surface area (Å²) in [5.74, 6) is 8.08. The number of nitrogens with zero attached hydrogens (tertiary/aromatic N) is 3. The average molecular weight is 252 g/mol. The van der Waals surface area contributed by atoms with Crippen molar-refractivity contribution in [1.82, 2.24) is 14.9 Å². The lowest BCUT2D eigenvalue weighted by Crippen LogP contribution is -2.22. The van der Waals surface area contributed by atoms with Gasteiger partial charge in [-0.15, -0.1) is 0 Å². The summed E-state index contributed by atoms with van der Waals surface area (Å²) < 4.78 is 0. The molecule has 0 aliphatic heterocycles. The van der Waals surface area contributed by atoms with Crippen LogP contribution >= 0.6 is 0 Å². The molecule has 1 aromatic heterocycles. The van der Waals surface area contributed by atoms with Crippen LogP contribution in [-0.4, -0.2) is 42.1 Å². The summed E-state index contributed by atoms with van der Waals surface area (Å²) >= 11 is 0. The number of hydrogen-bond acceptors (Lipinski definition) is 6. The number of hydrogen-bond donors (Lipinski definition) is 3. The van der Waals surface area contributed by atoms with Gasteiger partial charge >= 0.3 is 0 Å². The summed E-state index contributed by atoms with van der Waals surface area (Å²) in [5.41, 5.74) is 3.57. The zero-order valence-corrected chi connectivity index (χ0v) is 11.9. The molecule has 0 saturated heterocycles. The number of rotatable bonds is 6. The lowest BCUT2D eigenvalue weighted by atomic mass is 10.2. The van der Waals surface area contributed by atoms with Gasteiger partial charge < -0.3 is 15.6 Å². The van der Waals surface area contributed by atoms with Crippen molar-refractivity contribution in [2.45, 2.75) is 26.7 Å². The number of anilines is 2. The van der Waals surface area contributed by atoms with E-state index in [1.807, 2.05) is 21.0 Å². The summed E-state index contributed by atoms with van der Waals surface area (Å²) in [7, 11) is 4.09. The molecule has 0 bridgehead atoms. The zero-order valence-electron chi connectivity index (χ0n) is 11.9. The molecule has 0 aromatic carbocycles. The van der Waals surface area contributed by atoms with Crippen molar-refractivity contribution in [3.05, 3.63) is 11.4 Å². The van der Waals surface area contributed by atoms with Crippen LogP contribution in [0.1, 0.15) is 31.2 Å². The third-order valence-electron chi connectivity index (χ3n) is 2.67. The van der Waals surface area contributed by atoms with Crippen LogP contribution in [0.4, 0.5) is 11.6 Å². The maximum Gasteiger partial charge on any atom is 0.148 e. The molecule has 102 valence electrons. The fourth-order valence-corrected chi connectivity index (χ4v) is 1.50. The Balaban J connectivity index is 2.91. The first kappa shape index (κ1) is 14.7. The highest BCUT2D eigenvalue weighted by molar-refractivity contribution is 5.56. The minimum absolute atomic E-state index is 0.270. The maximum absolute atomic E-state index is 5.49. The molecule has 6 heteroatoms. The Morgan fingerprint density at radius 1 is 1.22 bits per heavy atom. The van der Waals surface area contributed by atoms with Gasteiger partial charge in [0.05, 0.1) is 0 Å². The first-order valence-corrected chi connectivity index (χ1v) is 6.19. The zero-order chi connectivity index (χ0) is 13.7. The van der Waals surface area contributed by atoms with Crippen LogP contribution in [0.5, 0.6) is 0 Å². The molecule has 0 amide bonds. The summed E-state index contributed by atoms with van der Waals surface area (Å²) in [4.78, 5) is 11.1. The Labute approximate surface area is 109 Å². The van der Waals surface area contributed by atoms with E-state index in [1.165, 1.54) is 0 Å². The van der Waals surface area contributed by atoms with Crippen molar-refractivity contribution in [2.75, 3.05) is 37.9 Å². The van der Waals surface area contributed by atoms with Crippen molar-refractivity contribution in [1.29, 1.82) is 0 Å². The van der Waals surface area contributed by atoms with E-state index in [4.69, 9.17) is 5.84 Å². The van der Waals surface area contributed by atoms with Gasteiger partial charge in [0, 0.05) is 24.6 Å². The van der Waals surface area contributed by atoms with Gasteiger partial charge in [0.15, 0.2) is 0 Å². The van der Waals surface area contributed by atoms with Gasteiger partial charge in [-0.1, -0.05) is 13.8 Å². The summed E-state index contributed by atoms with van der Waals surface area (Å²) in [5, 5.41) is 3.33.